The van der Waals surface area contributed by atoms with E-state index in [1.54, 1.807) is 0 Å². The maximum absolute atomic E-state index is 9.06. The van der Waals surface area contributed by atoms with Crippen molar-refractivity contribution in [1.82, 2.24) is 4.90 Å². The molecule has 88 valence electrons. The molecule has 1 aromatic rings. The maximum atomic E-state index is 9.06. The minimum atomic E-state index is 0.305. The maximum Gasteiger partial charge on any atom is 0.0657 e. The molecule has 3 rings (SSSR count). The molecule has 0 aliphatic carbocycles. The highest BCUT2D eigenvalue weighted by Gasteiger charge is 2.40. The largest absolute Gasteiger partial charge is 0.293 e. The van der Waals surface area contributed by atoms with Gasteiger partial charge >= 0.3 is 0 Å². The lowest BCUT2D eigenvalue weighted by molar-refractivity contribution is 0.113. The Labute approximate surface area is 103 Å². The third-order valence-electron chi connectivity index (χ3n) is 4.27. The lowest BCUT2D eigenvalue weighted by Crippen LogP contribution is -2.41. The molecule has 0 spiro atoms. The molecule has 0 amide bonds. The molecule has 2 heteroatoms. The van der Waals surface area contributed by atoms with Crippen molar-refractivity contribution < 1.29 is 0 Å². The van der Waals surface area contributed by atoms with Crippen LogP contribution in [0.3, 0.4) is 0 Å². The number of piperidine rings is 1. The molecule has 2 aliphatic rings. The van der Waals surface area contributed by atoms with Crippen LogP contribution in [-0.2, 0) is 6.54 Å². The van der Waals surface area contributed by atoms with Crippen molar-refractivity contribution in [2.24, 2.45) is 5.92 Å². The fraction of sp³-hybridized carbons (Fsp3) is 0.533. The van der Waals surface area contributed by atoms with Crippen molar-refractivity contribution in [3.05, 3.63) is 35.9 Å². The van der Waals surface area contributed by atoms with Crippen LogP contribution >= 0.6 is 0 Å². The van der Waals surface area contributed by atoms with Crippen LogP contribution in [0.4, 0.5) is 0 Å². The van der Waals surface area contributed by atoms with Gasteiger partial charge in [0.25, 0.3) is 0 Å². The second-order valence-electron chi connectivity index (χ2n) is 5.34. The van der Waals surface area contributed by atoms with Crippen molar-refractivity contribution >= 4 is 0 Å². The normalized spacial score (nSPS) is 32.3. The standard InChI is InChI=1S/C15H18N2/c16-10-13-8-14-6-7-15(9-13)17(14)11-12-4-2-1-3-5-12/h1-5,13-15H,6-9,11H2/t13?,14-,15+. The summed E-state index contributed by atoms with van der Waals surface area (Å²) in [6.45, 7) is 1.06. The van der Waals surface area contributed by atoms with Crippen LogP contribution in [0, 0.1) is 17.2 Å². The number of hydrogen-bond donors (Lipinski definition) is 0. The lowest BCUT2D eigenvalue weighted by Gasteiger charge is -2.36. The summed E-state index contributed by atoms with van der Waals surface area (Å²) in [5.41, 5.74) is 1.40. The third kappa shape index (κ3) is 2.08. The Morgan fingerprint density at radius 3 is 2.35 bits per heavy atom. The van der Waals surface area contributed by atoms with Crippen LogP contribution in [0.15, 0.2) is 30.3 Å². The van der Waals surface area contributed by atoms with E-state index in [9.17, 15) is 0 Å². The van der Waals surface area contributed by atoms with Gasteiger partial charge in [0.2, 0.25) is 0 Å². The molecule has 2 saturated heterocycles. The van der Waals surface area contributed by atoms with Crippen LogP contribution in [0.1, 0.15) is 31.2 Å². The van der Waals surface area contributed by atoms with Gasteiger partial charge in [0.05, 0.1) is 6.07 Å². The Kier molecular flexibility index (Phi) is 2.86. The van der Waals surface area contributed by atoms with Gasteiger partial charge in [0, 0.05) is 24.5 Å². The van der Waals surface area contributed by atoms with Gasteiger partial charge in [0.15, 0.2) is 0 Å². The average Bonchev–Trinajstić information content (AvgIpc) is 2.63. The van der Waals surface area contributed by atoms with Gasteiger partial charge in [-0.15, -0.1) is 0 Å². The highest BCUT2D eigenvalue weighted by Crippen LogP contribution is 2.39. The minimum Gasteiger partial charge on any atom is -0.293 e. The van der Waals surface area contributed by atoms with E-state index in [1.807, 2.05) is 0 Å². The fourth-order valence-corrected chi connectivity index (χ4v) is 3.43. The summed E-state index contributed by atoms with van der Waals surface area (Å²) in [6, 6.07) is 14.5. The second-order valence-corrected chi connectivity index (χ2v) is 5.34. The van der Waals surface area contributed by atoms with Crippen molar-refractivity contribution in [2.45, 2.75) is 44.3 Å². The Balaban J connectivity index is 1.72. The molecule has 2 nitrogen and oxygen atoms in total. The zero-order valence-electron chi connectivity index (χ0n) is 10.0. The molecule has 2 bridgehead atoms. The fourth-order valence-electron chi connectivity index (χ4n) is 3.43. The van der Waals surface area contributed by atoms with E-state index in [2.05, 4.69) is 41.3 Å². The number of nitrogens with zero attached hydrogens (tertiary/aromatic N) is 2. The van der Waals surface area contributed by atoms with E-state index in [-0.39, 0.29) is 0 Å². The van der Waals surface area contributed by atoms with Crippen LogP contribution in [0.5, 0.6) is 0 Å². The minimum absolute atomic E-state index is 0.305. The zero-order valence-corrected chi connectivity index (χ0v) is 10.0. The first-order valence-electron chi connectivity index (χ1n) is 6.56. The molecule has 17 heavy (non-hydrogen) atoms. The van der Waals surface area contributed by atoms with Crippen LogP contribution < -0.4 is 0 Å². The first kappa shape index (κ1) is 10.8. The average molecular weight is 226 g/mol. The summed E-state index contributed by atoms with van der Waals surface area (Å²) in [5.74, 6) is 0.305. The SMILES string of the molecule is N#CC1C[C@H]2CC[C@@H](C1)N2Cc1ccccc1. The number of nitriles is 1. The topological polar surface area (TPSA) is 27.0 Å². The summed E-state index contributed by atoms with van der Waals surface area (Å²) in [7, 11) is 0. The van der Waals surface area contributed by atoms with Crippen molar-refractivity contribution in [2.75, 3.05) is 0 Å². The van der Waals surface area contributed by atoms with Gasteiger partial charge in [-0.3, -0.25) is 4.90 Å². The molecule has 3 atom stereocenters. The van der Waals surface area contributed by atoms with E-state index in [1.165, 1.54) is 18.4 Å². The predicted octanol–water partition coefficient (Wildman–Crippen LogP) is 2.95. The molecule has 2 fully saturated rings. The van der Waals surface area contributed by atoms with E-state index in [0.717, 1.165) is 19.4 Å². The molecule has 1 unspecified atom stereocenters. The molecule has 2 heterocycles. The van der Waals surface area contributed by atoms with Gasteiger partial charge in [-0.2, -0.15) is 5.26 Å². The Hall–Kier alpha value is -1.33. The predicted molar refractivity (Wildman–Crippen MR) is 67.1 cm³/mol. The van der Waals surface area contributed by atoms with E-state index < -0.39 is 0 Å². The molecule has 0 N–H and O–H groups in total. The Bertz CT molecular complexity index is 406. The molecular formula is C15H18N2. The van der Waals surface area contributed by atoms with E-state index >= 15 is 0 Å². The quantitative estimate of drug-likeness (QED) is 0.775. The number of benzene rings is 1. The Morgan fingerprint density at radius 2 is 1.76 bits per heavy atom. The van der Waals surface area contributed by atoms with Crippen LogP contribution in [-0.4, -0.2) is 17.0 Å². The monoisotopic (exact) mass is 226 g/mol. The number of rotatable bonds is 2. The van der Waals surface area contributed by atoms with Crippen molar-refractivity contribution in [1.29, 1.82) is 5.26 Å². The second kappa shape index (κ2) is 4.50. The molecule has 0 saturated carbocycles. The van der Waals surface area contributed by atoms with Crippen molar-refractivity contribution in [3.63, 3.8) is 0 Å². The van der Waals surface area contributed by atoms with Gasteiger partial charge in [-0.05, 0) is 31.2 Å². The number of fused-ring (bicyclic) bond motifs is 2. The summed E-state index contributed by atoms with van der Waals surface area (Å²) in [4.78, 5) is 2.63. The van der Waals surface area contributed by atoms with Crippen LogP contribution in [0.2, 0.25) is 0 Å². The summed E-state index contributed by atoms with van der Waals surface area (Å²) < 4.78 is 0. The summed E-state index contributed by atoms with van der Waals surface area (Å²) in [6.07, 6.45) is 4.74. The highest BCUT2D eigenvalue weighted by atomic mass is 15.2. The smallest absolute Gasteiger partial charge is 0.0657 e. The van der Waals surface area contributed by atoms with Gasteiger partial charge in [0.1, 0.15) is 0 Å². The van der Waals surface area contributed by atoms with Gasteiger partial charge < -0.3 is 0 Å². The van der Waals surface area contributed by atoms with Gasteiger partial charge in [-0.1, -0.05) is 30.3 Å². The van der Waals surface area contributed by atoms with E-state index in [4.69, 9.17) is 5.26 Å². The zero-order chi connectivity index (χ0) is 11.7. The Morgan fingerprint density at radius 1 is 1.12 bits per heavy atom. The van der Waals surface area contributed by atoms with E-state index in [0.29, 0.717) is 18.0 Å². The first-order chi connectivity index (χ1) is 8.36. The molecular weight excluding hydrogens is 208 g/mol. The summed E-state index contributed by atoms with van der Waals surface area (Å²) >= 11 is 0. The van der Waals surface area contributed by atoms with Gasteiger partial charge in [-0.25, -0.2) is 0 Å². The molecule has 0 radical (unpaired) electrons. The van der Waals surface area contributed by atoms with Crippen molar-refractivity contribution in [3.8, 4) is 6.07 Å². The number of hydrogen-bond acceptors (Lipinski definition) is 2. The van der Waals surface area contributed by atoms with Crippen LogP contribution in [0.25, 0.3) is 0 Å². The first-order valence-corrected chi connectivity index (χ1v) is 6.56. The molecule has 2 aliphatic heterocycles. The highest BCUT2D eigenvalue weighted by molar-refractivity contribution is 5.16. The molecule has 1 aromatic carbocycles. The lowest BCUT2D eigenvalue weighted by atomic mass is 9.91. The summed E-state index contributed by atoms with van der Waals surface area (Å²) in [5, 5.41) is 9.06. The third-order valence-corrected chi connectivity index (χ3v) is 4.27. The molecule has 0 aromatic heterocycles.